The van der Waals surface area contributed by atoms with E-state index in [9.17, 15) is 14.0 Å². The molecule has 2 heterocycles. The van der Waals surface area contributed by atoms with Crippen molar-refractivity contribution in [2.75, 3.05) is 10.6 Å². The summed E-state index contributed by atoms with van der Waals surface area (Å²) in [7, 11) is 0. The number of unbranched alkanes of at least 4 members (excludes halogenated alkanes) is 5. The Hall–Kier alpha value is -2.72. The minimum absolute atomic E-state index is 0.0401. The zero-order chi connectivity index (χ0) is 22.8. The number of nitrogens with zero attached hydrogens (tertiary/aromatic N) is 3. The fourth-order valence-electron chi connectivity index (χ4n) is 3.05. The lowest BCUT2D eigenvalue weighted by atomic mass is 10.1. The molecule has 170 valence electrons. The summed E-state index contributed by atoms with van der Waals surface area (Å²) in [5.41, 5.74) is 0.447. The predicted molar refractivity (Wildman–Crippen MR) is 126 cm³/mol. The smallest absolute Gasteiger partial charge is 0.260 e. The molecule has 0 fully saturated rings. The Balaban J connectivity index is 1.43. The Morgan fingerprint density at radius 1 is 1.00 bits per heavy atom. The average molecular weight is 476 g/mol. The molecule has 32 heavy (non-hydrogen) atoms. The lowest BCUT2D eigenvalue weighted by Gasteiger charge is -2.02. The number of aromatic nitrogens is 3. The maximum absolute atomic E-state index is 13.7. The summed E-state index contributed by atoms with van der Waals surface area (Å²) in [6.45, 7) is 2.20. The highest BCUT2D eigenvalue weighted by Crippen LogP contribution is 2.20. The molecule has 0 spiro atoms. The van der Waals surface area contributed by atoms with Crippen LogP contribution in [0.25, 0.3) is 0 Å². The average Bonchev–Trinajstić information content (AvgIpc) is 3.40. The molecule has 0 aliphatic heterocycles. The summed E-state index contributed by atoms with van der Waals surface area (Å²) in [6.07, 6.45) is 8.21. The lowest BCUT2D eigenvalue weighted by Crippen LogP contribution is -2.15. The molecule has 7 nitrogen and oxygen atoms in total. The highest BCUT2D eigenvalue weighted by atomic mass is 32.1. The van der Waals surface area contributed by atoms with Crippen LogP contribution in [0.2, 0.25) is 0 Å². The van der Waals surface area contributed by atoms with E-state index in [0.717, 1.165) is 17.8 Å². The molecular weight excluding hydrogens is 449 g/mol. The molecule has 0 aliphatic carbocycles. The third kappa shape index (κ3) is 7.45. The third-order valence-corrected chi connectivity index (χ3v) is 6.39. The number of thiazole rings is 1. The summed E-state index contributed by atoms with van der Waals surface area (Å²) >= 11 is 2.56. The number of rotatable bonds is 12. The first kappa shape index (κ1) is 23.9. The molecule has 0 aliphatic rings. The van der Waals surface area contributed by atoms with Crippen molar-refractivity contribution < 1.29 is 14.0 Å². The Kier molecular flexibility index (Phi) is 9.24. The van der Waals surface area contributed by atoms with Crippen LogP contribution < -0.4 is 10.6 Å². The standard InChI is InChI=1S/C22H26FN5O2S2/c1-2-3-4-5-6-7-12-19-27-28-22(32-19)25-18(29)13-15-14-31-21(24-15)26-20(30)16-10-8-9-11-17(16)23/h8-11,14H,2-7,12-13H2,1H3,(H,24,26,30)(H,25,28,29). The normalized spacial score (nSPS) is 10.8. The highest BCUT2D eigenvalue weighted by Gasteiger charge is 2.15. The van der Waals surface area contributed by atoms with E-state index in [1.165, 1.54) is 73.0 Å². The maximum Gasteiger partial charge on any atom is 0.260 e. The van der Waals surface area contributed by atoms with Crippen molar-refractivity contribution in [1.29, 1.82) is 0 Å². The number of aryl methyl sites for hydroxylation is 1. The van der Waals surface area contributed by atoms with Gasteiger partial charge in [0.15, 0.2) is 5.13 Å². The Labute approximate surface area is 194 Å². The molecule has 0 unspecified atom stereocenters. The van der Waals surface area contributed by atoms with E-state index in [1.807, 2.05) is 0 Å². The van der Waals surface area contributed by atoms with Crippen LogP contribution in [0, 0.1) is 5.82 Å². The molecule has 0 saturated heterocycles. The van der Waals surface area contributed by atoms with E-state index in [-0.39, 0.29) is 17.9 Å². The zero-order valence-electron chi connectivity index (χ0n) is 17.9. The summed E-state index contributed by atoms with van der Waals surface area (Å²) in [4.78, 5) is 28.7. The van der Waals surface area contributed by atoms with Gasteiger partial charge in [0.25, 0.3) is 5.91 Å². The Morgan fingerprint density at radius 3 is 2.59 bits per heavy atom. The molecule has 2 amide bonds. The number of benzene rings is 1. The summed E-state index contributed by atoms with van der Waals surface area (Å²) < 4.78 is 13.7. The molecule has 0 bridgehead atoms. The highest BCUT2D eigenvalue weighted by molar-refractivity contribution is 7.15. The molecule has 2 N–H and O–H groups in total. The van der Waals surface area contributed by atoms with Gasteiger partial charge in [-0.15, -0.1) is 21.5 Å². The first-order valence-electron chi connectivity index (χ1n) is 10.7. The van der Waals surface area contributed by atoms with E-state index >= 15 is 0 Å². The van der Waals surface area contributed by atoms with Gasteiger partial charge in [0, 0.05) is 11.8 Å². The van der Waals surface area contributed by atoms with Crippen molar-refractivity contribution in [2.24, 2.45) is 0 Å². The summed E-state index contributed by atoms with van der Waals surface area (Å²) in [6, 6.07) is 5.72. The van der Waals surface area contributed by atoms with Gasteiger partial charge in [0.2, 0.25) is 11.0 Å². The van der Waals surface area contributed by atoms with Gasteiger partial charge in [-0.1, -0.05) is 62.5 Å². The quantitative estimate of drug-likeness (QED) is 0.339. The van der Waals surface area contributed by atoms with E-state index in [2.05, 4.69) is 32.7 Å². The molecule has 0 saturated carbocycles. The number of halogens is 1. The molecule has 2 aromatic heterocycles. The zero-order valence-corrected chi connectivity index (χ0v) is 19.5. The van der Waals surface area contributed by atoms with E-state index in [4.69, 9.17) is 0 Å². The minimum atomic E-state index is -0.603. The van der Waals surface area contributed by atoms with Crippen LogP contribution in [0.1, 0.15) is 66.5 Å². The predicted octanol–water partition coefficient (Wildman–Crippen LogP) is 5.47. The van der Waals surface area contributed by atoms with Gasteiger partial charge in [-0.05, 0) is 18.6 Å². The van der Waals surface area contributed by atoms with Crippen LogP contribution in [-0.2, 0) is 17.6 Å². The van der Waals surface area contributed by atoms with Gasteiger partial charge in [0.1, 0.15) is 10.8 Å². The van der Waals surface area contributed by atoms with E-state index in [0.29, 0.717) is 16.0 Å². The first-order chi connectivity index (χ1) is 15.5. The second-order valence-corrected chi connectivity index (χ2v) is 9.24. The topological polar surface area (TPSA) is 96.9 Å². The number of nitrogens with one attached hydrogen (secondary N) is 2. The second-order valence-electron chi connectivity index (χ2n) is 7.32. The van der Waals surface area contributed by atoms with Crippen LogP contribution in [0.15, 0.2) is 29.6 Å². The number of anilines is 2. The molecular formula is C22H26FN5O2S2. The van der Waals surface area contributed by atoms with Crippen LogP contribution in [0.5, 0.6) is 0 Å². The van der Waals surface area contributed by atoms with Gasteiger partial charge < -0.3 is 5.32 Å². The van der Waals surface area contributed by atoms with Crippen LogP contribution in [0.3, 0.4) is 0 Å². The number of carbonyl (C=O) groups excluding carboxylic acids is 2. The number of hydrogen-bond acceptors (Lipinski definition) is 7. The van der Waals surface area contributed by atoms with Crippen molar-refractivity contribution in [3.63, 3.8) is 0 Å². The minimum Gasteiger partial charge on any atom is -0.300 e. The summed E-state index contributed by atoms with van der Waals surface area (Å²) in [5, 5.41) is 16.9. The van der Waals surface area contributed by atoms with Gasteiger partial charge in [0.05, 0.1) is 17.7 Å². The number of hydrogen-bond donors (Lipinski definition) is 2. The molecule has 3 rings (SSSR count). The molecule has 3 aromatic rings. The first-order valence-corrected chi connectivity index (χ1v) is 12.4. The SMILES string of the molecule is CCCCCCCCc1nnc(NC(=O)Cc2csc(NC(=O)c3ccccc3F)n2)s1. The van der Waals surface area contributed by atoms with Crippen LogP contribution in [0.4, 0.5) is 14.7 Å². The van der Waals surface area contributed by atoms with Crippen molar-refractivity contribution in [3.05, 3.63) is 51.7 Å². The lowest BCUT2D eigenvalue weighted by molar-refractivity contribution is -0.115. The molecule has 1 aromatic carbocycles. The molecule has 10 heteroatoms. The monoisotopic (exact) mass is 475 g/mol. The van der Waals surface area contributed by atoms with Crippen molar-refractivity contribution in [3.8, 4) is 0 Å². The van der Waals surface area contributed by atoms with Gasteiger partial charge in [-0.2, -0.15) is 0 Å². The number of carbonyl (C=O) groups is 2. The third-order valence-electron chi connectivity index (χ3n) is 4.69. The molecule has 0 atom stereocenters. The largest absolute Gasteiger partial charge is 0.300 e. The number of amides is 2. The Bertz CT molecular complexity index is 1040. The Morgan fingerprint density at radius 2 is 1.78 bits per heavy atom. The van der Waals surface area contributed by atoms with Gasteiger partial charge >= 0.3 is 0 Å². The van der Waals surface area contributed by atoms with Crippen molar-refractivity contribution >= 4 is 44.8 Å². The van der Waals surface area contributed by atoms with Crippen molar-refractivity contribution in [1.82, 2.24) is 15.2 Å². The summed E-state index contributed by atoms with van der Waals surface area (Å²) in [5.74, 6) is -1.45. The van der Waals surface area contributed by atoms with Gasteiger partial charge in [-0.25, -0.2) is 9.37 Å². The fourth-order valence-corrected chi connectivity index (χ4v) is 4.55. The van der Waals surface area contributed by atoms with Crippen LogP contribution >= 0.6 is 22.7 Å². The van der Waals surface area contributed by atoms with E-state index < -0.39 is 11.7 Å². The molecule has 0 radical (unpaired) electrons. The van der Waals surface area contributed by atoms with Gasteiger partial charge in [-0.3, -0.25) is 14.9 Å². The fraction of sp³-hybridized carbons (Fsp3) is 0.409. The van der Waals surface area contributed by atoms with E-state index in [1.54, 1.807) is 11.4 Å². The van der Waals surface area contributed by atoms with Crippen LogP contribution in [-0.4, -0.2) is 27.0 Å². The van der Waals surface area contributed by atoms with Crippen molar-refractivity contribution in [2.45, 2.75) is 58.3 Å². The second kappa shape index (κ2) is 12.4. The maximum atomic E-state index is 13.7.